The van der Waals surface area contributed by atoms with Gasteiger partial charge in [-0.15, -0.1) is 0 Å². The van der Waals surface area contributed by atoms with Crippen LogP contribution in [0.25, 0.3) is 0 Å². The topological polar surface area (TPSA) is 237 Å². The van der Waals surface area contributed by atoms with E-state index in [-0.39, 0.29) is 25.7 Å². The summed E-state index contributed by atoms with van der Waals surface area (Å²) >= 11 is 0. The van der Waals surface area contributed by atoms with Gasteiger partial charge in [0.1, 0.15) is 19.3 Å². The largest absolute Gasteiger partial charge is 0.472 e. The van der Waals surface area contributed by atoms with Gasteiger partial charge in [-0.2, -0.15) is 0 Å². The summed E-state index contributed by atoms with van der Waals surface area (Å²) in [6, 6.07) is 0. The van der Waals surface area contributed by atoms with E-state index in [1.165, 1.54) is 186 Å². The van der Waals surface area contributed by atoms with Crippen molar-refractivity contribution in [2.45, 2.75) is 408 Å². The molecule has 0 aliphatic rings. The van der Waals surface area contributed by atoms with Crippen molar-refractivity contribution in [3.63, 3.8) is 0 Å². The number of esters is 4. The van der Waals surface area contributed by atoms with Crippen LogP contribution in [0.15, 0.2) is 0 Å². The van der Waals surface area contributed by atoms with Crippen LogP contribution < -0.4 is 0 Å². The van der Waals surface area contributed by atoms with E-state index in [9.17, 15) is 43.2 Å². The van der Waals surface area contributed by atoms with Gasteiger partial charge in [-0.3, -0.25) is 37.3 Å². The maximum absolute atomic E-state index is 13.1. The third-order valence-corrected chi connectivity index (χ3v) is 20.1. The van der Waals surface area contributed by atoms with Gasteiger partial charge < -0.3 is 33.8 Å². The Morgan fingerprint density at radius 3 is 0.740 bits per heavy atom. The molecular weight excluding hydrogens is 1260 g/mol. The van der Waals surface area contributed by atoms with Gasteiger partial charge in [0.2, 0.25) is 0 Å². The van der Waals surface area contributed by atoms with Crippen LogP contribution in [0.3, 0.4) is 0 Å². The minimum Gasteiger partial charge on any atom is -0.462 e. The molecule has 0 amide bonds. The van der Waals surface area contributed by atoms with E-state index in [0.29, 0.717) is 31.6 Å². The second kappa shape index (κ2) is 66.3. The number of ether oxygens (including phenoxy) is 4. The highest BCUT2D eigenvalue weighted by Gasteiger charge is 2.30. The Hall–Kier alpha value is -1.94. The first-order valence-electron chi connectivity index (χ1n) is 39.7. The van der Waals surface area contributed by atoms with E-state index in [4.69, 9.17) is 37.0 Å². The summed E-state index contributed by atoms with van der Waals surface area (Å²) in [5.41, 5.74) is 0. The first kappa shape index (κ1) is 94.1. The standard InChI is InChI=1S/C77H150O17P2/c1-9-70(8)56-48-40-32-23-19-15-11-13-16-20-24-33-41-49-57-74(79)87-63-72(93-76(81)59-51-43-34-25-21-17-12-10-14-18-22-29-37-45-53-67(2)3)65-91-95(83,84)89-61-71(78)62-90-96(85,86)92-66-73(64-88-75(80)58-50-42-36-28-31-39-47-55-69(6)7)94-77(82)60-52-44-35-27-26-30-38-46-54-68(4)5/h67-73,78H,9-66H2,1-8H3,(H,83,84)(H,85,86)/t70?,71?,72-,73-/m1/s1. The molecule has 0 fully saturated rings. The quantitative estimate of drug-likeness (QED) is 0.0222. The van der Waals surface area contributed by atoms with Crippen molar-refractivity contribution in [1.29, 1.82) is 0 Å². The zero-order valence-electron chi connectivity index (χ0n) is 63.0. The van der Waals surface area contributed by atoms with Gasteiger partial charge in [-0.1, -0.05) is 338 Å². The van der Waals surface area contributed by atoms with E-state index in [1.54, 1.807) is 0 Å². The van der Waals surface area contributed by atoms with E-state index < -0.39 is 97.5 Å². The molecule has 0 saturated heterocycles. The molecule has 0 rings (SSSR count). The molecule has 0 aliphatic heterocycles. The third kappa shape index (κ3) is 69.2. The summed E-state index contributed by atoms with van der Waals surface area (Å²) < 4.78 is 68.5. The van der Waals surface area contributed by atoms with Crippen LogP contribution in [0.4, 0.5) is 0 Å². The fraction of sp³-hybridized carbons (Fsp3) is 0.948. The normalized spacial score (nSPS) is 14.4. The summed E-state index contributed by atoms with van der Waals surface area (Å²) in [6.45, 7) is 14.2. The van der Waals surface area contributed by atoms with Crippen LogP contribution in [0, 0.1) is 23.7 Å². The summed E-state index contributed by atoms with van der Waals surface area (Å²) in [7, 11) is -9.91. The number of hydrogen-bond donors (Lipinski definition) is 3. The Kier molecular flexibility index (Phi) is 65.0. The Morgan fingerprint density at radius 2 is 0.500 bits per heavy atom. The zero-order chi connectivity index (χ0) is 71.0. The Balaban J connectivity index is 5.24. The molecule has 17 nitrogen and oxygen atoms in total. The van der Waals surface area contributed by atoms with Gasteiger partial charge in [0.05, 0.1) is 26.4 Å². The summed E-state index contributed by atoms with van der Waals surface area (Å²) in [4.78, 5) is 72.8. The number of carbonyl (C=O) groups excluding carboxylic acids is 4. The van der Waals surface area contributed by atoms with Gasteiger partial charge in [-0.25, -0.2) is 9.13 Å². The first-order chi connectivity index (χ1) is 46.1. The lowest BCUT2D eigenvalue weighted by molar-refractivity contribution is -0.161. The summed E-state index contributed by atoms with van der Waals surface area (Å²) in [5, 5.41) is 10.6. The number of aliphatic hydroxyl groups excluding tert-OH is 1. The van der Waals surface area contributed by atoms with E-state index in [2.05, 4.69) is 55.4 Å². The maximum atomic E-state index is 13.1. The molecule has 0 aromatic rings. The summed E-state index contributed by atoms with van der Waals surface area (Å²) in [6.07, 6.45) is 51.4. The monoisotopic (exact) mass is 1410 g/mol. The Labute approximate surface area is 588 Å². The minimum atomic E-state index is -4.96. The van der Waals surface area contributed by atoms with Crippen LogP contribution in [0.2, 0.25) is 0 Å². The zero-order valence-corrected chi connectivity index (χ0v) is 64.8. The molecule has 96 heavy (non-hydrogen) atoms. The van der Waals surface area contributed by atoms with Gasteiger partial charge in [0.15, 0.2) is 12.2 Å². The number of rotatable bonds is 74. The van der Waals surface area contributed by atoms with Crippen LogP contribution in [0.5, 0.6) is 0 Å². The number of carbonyl (C=O) groups is 4. The smallest absolute Gasteiger partial charge is 0.462 e. The number of phosphoric ester groups is 2. The van der Waals surface area contributed by atoms with Gasteiger partial charge in [0.25, 0.3) is 0 Å². The van der Waals surface area contributed by atoms with Crippen molar-refractivity contribution in [1.82, 2.24) is 0 Å². The van der Waals surface area contributed by atoms with Crippen LogP contribution in [0.1, 0.15) is 389 Å². The van der Waals surface area contributed by atoms with Gasteiger partial charge >= 0.3 is 39.5 Å². The van der Waals surface area contributed by atoms with Crippen molar-refractivity contribution in [3.05, 3.63) is 0 Å². The van der Waals surface area contributed by atoms with Crippen LogP contribution in [-0.4, -0.2) is 96.7 Å². The summed E-state index contributed by atoms with van der Waals surface area (Å²) in [5.74, 6) is 0.947. The molecule has 19 heteroatoms. The second-order valence-corrected chi connectivity index (χ2v) is 32.3. The van der Waals surface area contributed by atoms with E-state index >= 15 is 0 Å². The fourth-order valence-electron chi connectivity index (χ4n) is 11.7. The number of unbranched alkanes of at least 4 members (excludes halogenated alkanes) is 39. The predicted octanol–water partition coefficient (Wildman–Crippen LogP) is 22.4. The Morgan fingerprint density at radius 1 is 0.292 bits per heavy atom. The molecule has 570 valence electrons. The van der Waals surface area contributed by atoms with Crippen LogP contribution in [-0.2, 0) is 65.4 Å². The number of hydrogen-bond acceptors (Lipinski definition) is 15. The maximum Gasteiger partial charge on any atom is 0.472 e. The highest BCUT2D eigenvalue weighted by atomic mass is 31.2. The molecule has 6 atom stereocenters. The van der Waals surface area contributed by atoms with Crippen LogP contribution >= 0.6 is 15.6 Å². The van der Waals surface area contributed by atoms with E-state index in [0.717, 1.165) is 114 Å². The molecule has 4 unspecified atom stereocenters. The Bertz CT molecular complexity index is 1890. The van der Waals surface area contributed by atoms with Crippen molar-refractivity contribution in [2.24, 2.45) is 23.7 Å². The number of phosphoric acid groups is 2. The lowest BCUT2D eigenvalue weighted by Crippen LogP contribution is -2.30. The van der Waals surface area contributed by atoms with Crippen molar-refractivity contribution in [2.75, 3.05) is 39.6 Å². The molecule has 0 aromatic heterocycles. The average Bonchev–Trinajstić information content (AvgIpc) is 1.07. The second-order valence-electron chi connectivity index (χ2n) is 29.4. The molecule has 0 spiro atoms. The molecule has 0 radical (unpaired) electrons. The molecule has 0 saturated carbocycles. The fourth-order valence-corrected chi connectivity index (χ4v) is 13.3. The van der Waals surface area contributed by atoms with Gasteiger partial charge in [0, 0.05) is 25.7 Å². The highest BCUT2D eigenvalue weighted by molar-refractivity contribution is 7.47. The SMILES string of the molecule is CCC(C)CCCCCCCCCCCCCCCCC(=O)OC[C@H](COP(=O)(O)OCC(O)COP(=O)(O)OC[C@@H](COC(=O)CCCCCCCCCC(C)C)OC(=O)CCCCCCCCCCC(C)C)OC(=O)CCCCCCCCCCCCCCCCC(C)C. The highest BCUT2D eigenvalue weighted by Crippen LogP contribution is 2.45. The molecule has 0 aliphatic carbocycles. The molecule has 0 heterocycles. The van der Waals surface area contributed by atoms with Gasteiger partial charge in [-0.05, 0) is 49.4 Å². The number of aliphatic hydroxyl groups is 1. The van der Waals surface area contributed by atoms with E-state index in [1.807, 2.05) is 0 Å². The molecule has 3 N–H and O–H groups in total. The predicted molar refractivity (Wildman–Crippen MR) is 391 cm³/mol. The lowest BCUT2D eigenvalue weighted by Gasteiger charge is -2.21. The van der Waals surface area contributed by atoms with Crippen molar-refractivity contribution >= 4 is 39.5 Å². The molecule has 0 bridgehead atoms. The molecule has 0 aromatic carbocycles. The molecular formula is C77H150O17P2. The average molecular weight is 1410 g/mol. The van der Waals surface area contributed by atoms with Crippen molar-refractivity contribution in [3.8, 4) is 0 Å². The minimum absolute atomic E-state index is 0.103. The lowest BCUT2D eigenvalue weighted by atomic mass is 9.99. The van der Waals surface area contributed by atoms with Crippen molar-refractivity contribution < 1.29 is 80.2 Å². The third-order valence-electron chi connectivity index (χ3n) is 18.2. The first-order valence-corrected chi connectivity index (χ1v) is 42.7.